The molecule has 0 saturated heterocycles. The third-order valence-corrected chi connectivity index (χ3v) is 5.95. The number of imidazole rings is 1. The number of hydrogen-bond donors (Lipinski definition) is 0. The zero-order chi connectivity index (χ0) is 19.3. The van der Waals surface area contributed by atoms with Gasteiger partial charge in [0.2, 0.25) is 0 Å². The molecule has 0 aliphatic rings. The van der Waals surface area contributed by atoms with Gasteiger partial charge in [0.15, 0.2) is 0 Å². The predicted octanol–water partition coefficient (Wildman–Crippen LogP) is 6.16. The van der Waals surface area contributed by atoms with Crippen LogP contribution in [0.15, 0.2) is 60.0 Å². The minimum atomic E-state index is 0.749. The molecule has 0 spiro atoms. The summed E-state index contributed by atoms with van der Waals surface area (Å²) < 4.78 is 8.45. The van der Waals surface area contributed by atoms with Gasteiger partial charge in [-0.25, -0.2) is 4.98 Å². The van der Waals surface area contributed by atoms with E-state index in [-0.39, 0.29) is 0 Å². The van der Waals surface area contributed by atoms with Gasteiger partial charge in [-0.2, -0.15) is 0 Å². The van der Waals surface area contributed by atoms with E-state index < -0.39 is 0 Å². The summed E-state index contributed by atoms with van der Waals surface area (Å²) in [6.07, 6.45) is 2.99. The Morgan fingerprint density at radius 3 is 2.54 bits per heavy atom. The molecule has 0 unspecified atom stereocenters. The Bertz CT molecular complexity index is 1030. The van der Waals surface area contributed by atoms with E-state index in [0.717, 1.165) is 49.5 Å². The number of unbranched alkanes of at least 4 members (excludes halogenated alkanes) is 1. The third-order valence-electron chi connectivity index (χ3n) is 5.08. The molecule has 0 fully saturated rings. The fourth-order valence-corrected chi connectivity index (χ4v) is 4.35. The quantitative estimate of drug-likeness (QED) is 0.337. The standard InChI is InChI=1S/C24H26N2OS/c1-18-9-7-10-19(2)24(18)27-15-6-5-14-26-22-13-4-3-12-21(22)25-23(26)17-20-11-8-16-28-20/h3-4,7-13,16H,5-6,14-15,17H2,1-2H3. The number of aryl methyl sites for hydroxylation is 3. The maximum absolute atomic E-state index is 6.07. The average Bonchev–Trinajstić information content (AvgIpc) is 3.32. The molecule has 2 heterocycles. The van der Waals surface area contributed by atoms with Gasteiger partial charge < -0.3 is 9.30 Å². The van der Waals surface area contributed by atoms with E-state index in [9.17, 15) is 0 Å². The monoisotopic (exact) mass is 390 g/mol. The Morgan fingerprint density at radius 1 is 0.929 bits per heavy atom. The highest BCUT2D eigenvalue weighted by molar-refractivity contribution is 7.09. The number of hydrogen-bond acceptors (Lipinski definition) is 3. The van der Waals surface area contributed by atoms with Crippen LogP contribution < -0.4 is 4.74 Å². The number of fused-ring (bicyclic) bond motifs is 1. The van der Waals surface area contributed by atoms with Crippen LogP contribution in [0, 0.1) is 13.8 Å². The van der Waals surface area contributed by atoms with Gasteiger partial charge in [-0.3, -0.25) is 0 Å². The summed E-state index contributed by atoms with van der Waals surface area (Å²) in [6, 6.07) is 19.0. The van der Waals surface area contributed by atoms with Crippen molar-refractivity contribution in [2.45, 2.75) is 39.7 Å². The van der Waals surface area contributed by atoms with E-state index in [4.69, 9.17) is 9.72 Å². The second kappa shape index (κ2) is 8.61. The van der Waals surface area contributed by atoms with Crippen LogP contribution in [0.25, 0.3) is 11.0 Å². The van der Waals surface area contributed by atoms with E-state index in [0.29, 0.717) is 0 Å². The van der Waals surface area contributed by atoms with Gasteiger partial charge in [-0.15, -0.1) is 11.3 Å². The first-order valence-corrected chi connectivity index (χ1v) is 10.8. The normalized spacial score (nSPS) is 11.2. The van der Waals surface area contributed by atoms with Crippen molar-refractivity contribution < 1.29 is 4.74 Å². The molecule has 2 aromatic carbocycles. The van der Waals surface area contributed by atoms with Crippen molar-refractivity contribution in [1.29, 1.82) is 0 Å². The van der Waals surface area contributed by atoms with E-state index in [1.165, 1.54) is 21.5 Å². The van der Waals surface area contributed by atoms with Crippen molar-refractivity contribution in [2.75, 3.05) is 6.61 Å². The molecular weight excluding hydrogens is 364 g/mol. The van der Waals surface area contributed by atoms with Crippen LogP contribution in [0.3, 0.4) is 0 Å². The molecule has 0 aliphatic heterocycles. The lowest BCUT2D eigenvalue weighted by molar-refractivity contribution is 0.299. The summed E-state index contributed by atoms with van der Waals surface area (Å²) in [5, 5.41) is 2.13. The maximum atomic E-state index is 6.07. The number of ether oxygens (including phenoxy) is 1. The van der Waals surface area contributed by atoms with E-state index in [1.807, 2.05) is 0 Å². The third kappa shape index (κ3) is 4.12. The Morgan fingerprint density at radius 2 is 1.75 bits per heavy atom. The SMILES string of the molecule is Cc1cccc(C)c1OCCCCn1c(Cc2cccs2)nc2ccccc21. The second-order valence-electron chi connectivity index (χ2n) is 7.20. The maximum Gasteiger partial charge on any atom is 0.125 e. The second-order valence-corrected chi connectivity index (χ2v) is 8.23. The molecule has 3 nitrogen and oxygen atoms in total. The number of nitrogens with zero attached hydrogens (tertiary/aromatic N) is 2. The van der Waals surface area contributed by atoms with Gasteiger partial charge in [0, 0.05) is 17.8 Å². The van der Waals surface area contributed by atoms with Crippen molar-refractivity contribution in [1.82, 2.24) is 9.55 Å². The first kappa shape index (κ1) is 18.8. The van der Waals surface area contributed by atoms with Crippen LogP contribution in [0.5, 0.6) is 5.75 Å². The lowest BCUT2D eigenvalue weighted by Gasteiger charge is -2.13. The van der Waals surface area contributed by atoms with Crippen LogP contribution in [0.2, 0.25) is 0 Å². The van der Waals surface area contributed by atoms with Gasteiger partial charge in [0.05, 0.1) is 17.6 Å². The Balaban J connectivity index is 1.41. The molecule has 0 N–H and O–H groups in total. The fraction of sp³-hybridized carbons (Fsp3) is 0.292. The number of aromatic nitrogens is 2. The fourth-order valence-electron chi connectivity index (χ4n) is 3.65. The smallest absolute Gasteiger partial charge is 0.125 e. The predicted molar refractivity (Wildman–Crippen MR) is 118 cm³/mol. The van der Waals surface area contributed by atoms with Crippen LogP contribution in [-0.4, -0.2) is 16.2 Å². The molecule has 0 bridgehead atoms. The first-order valence-electron chi connectivity index (χ1n) is 9.88. The Labute approximate surface area is 170 Å². The van der Waals surface area contributed by atoms with Gasteiger partial charge in [-0.05, 0) is 61.4 Å². The van der Waals surface area contributed by atoms with Gasteiger partial charge in [0.25, 0.3) is 0 Å². The van der Waals surface area contributed by atoms with E-state index >= 15 is 0 Å². The van der Waals surface area contributed by atoms with Crippen LogP contribution in [-0.2, 0) is 13.0 Å². The van der Waals surface area contributed by atoms with Crippen molar-refractivity contribution in [3.8, 4) is 5.75 Å². The summed E-state index contributed by atoms with van der Waals surface area (Å²) >= 11 is 1.80. The van der Waals surface area contributed by atoms with Crippen LogP contribution >= 0.6 is 11.3 Å². The summed E-state index contributed by atoms with van der Waals surface area (Å²) in [5.41, 5.74) is 4.73. The summed E-state index contributed by atoms with van der Waals surface area (Å²) in [5.74, 6) is 2.19. The molecule has 144 valence electrons. The number of para-hydroxylation sites is 3. The minimum Gasteiger partial charge on any atom is -0.493 e. The van der Waals surface area contributed by atoms with Crippen LogP contribution in [0.4, 0.5) is 0 Å². The largest absolute Gasteiger partial charge is 0.493 e. The molecule has 2 aromatic heterocycles. The molecule has 0 saturated carbocycles. The van der Waals surface area contributed by atoms with Crippen molar-refractivity contribution in [3.63, 3.8) is 0 Å². The molecule has 4 rings (SSSR count). The first-order chi connectivity index (χ1) is 13.7. The highest BCUT2D eigenvalue weighted by Crippen LogP contribution is 2.23. The zero-order valence-corrected chi connectivity index (χ0v) is 17.3. The highest BCUT2D eigenvalue weighted by atomic mass is 32.1. The van der Waals surface area contributed by atoms with Crippen molar-refractivity contribution >= 4 is 22.4 Å². The molecule has 4 aromatic rings. The Kier molecular flexibility index (Phi) is 5.77. The number of thiophene rings is 1. The minimum absolute atomic E-state index is 0.749. The molecule has 0 aliphatic carbocycles. The molecule has 0 atom stereocenters. The summed E-state index contributed by atoms with van der Waals surface area (Å²) in [4.78, 5) is 6.25. The van der Waals surface area contributed by atoms with E-state index in [1.54, 1.807) is 11.3 Å². The lowest BCUT2D eigenvalue weighted by Crippen LogP contribution is -2.07. The molecule has 28 heavy (non-hydrogen) atoms. The Hall–Kier alpha value is -2.59. The number of benzene rings is 2. The van der Waals surface area contributed by atoms with Gasteiger partial charge in [-0.1, -0.05) is 36.4 Å². The average molecular weight is 391 g/mol. The lowest BCUT2D eigenvalue weighted by atomic mass is 10.1. The van der Waals surface area contributed by atoms with E-state index in [2.05, 4.69) is 78.4 Å². The molecule has 0 radical (unpaired) electrons. The molecule has 0 amide bonds. The molecular formula is C24H26N2OS. The van der Waals surface area contributed by atoms with Crippen molar-refractivity contribution in [3.05, 3.63) is 81.8 Å². The summed E-state index contributed by atoms with van der Waals surface area (Å²) in [6.45, 7) is 5.93. The van der Waals surface area contributed by atoms with Gasteiger partial charge >= 0.3 is 0 Å². The molecule has 4 heteroatoms. The topological polar surface area (TPSA) is 27.1 Å². The van der Waals surface area contributed by atoms with Crippen LogP contribution in [0.1, 0.15) is 34.7 Å². The number of rotatable bonds is 8. The van der Waals surface area contributed by atoms with Crippen molar-refractivity contribution in [2.24, 2.45) is 0 Å². The highest BCUT2D eigenvalue weighted by Gasteiger charge is 2.11. The zero-order valence-electron chi connectivity index (χ0n) is 16.5. The van der Waals surface area contributed by atoms with Gasteiger partial charge in [0.1, 0.15) is 11.6 Å². The summed E-state index contributed by atoms with van der Waals surface area (Å²) in [7, 11) is 0.